The lowest BCUT2D eigenvalue weighted by atomic mass is 10.2. The molecule has 8 heteroatoms. The fourth-order valence-corrected chi connectivity index (χ4v) is 3.08. The minimum Gasteiger partial charge on any atom is -0.373 e. The van der Waals surface area contributed by atoms with E-state index in [0.717, 1.165) is 4.47 Å². The van der Waals surface area contributed by atoms with Gasteiger partial charge in [-0.1, -0.05) is 50.7 Å². The topological polar surface area (TPSA) is 54.0 Å². The molecule has 1 amide bonds. The summed E-state index contributed by atoms with van der Waals surface area (Å²) in [6.07, 6.45) is 1.40. The van der Waals surface area contributed by atoms with Crippen LogP contribution in [0.4, 0.5) is 11.5 Å². The number of benzene rings is 1. The molecule has 2 aromatic rings. The molecule has 0 radical (unpaired) electrons. The van der Waals surface area contributed by atoms with E-state index in [1.165, 1.54) is 6.20 Å². The number of nitrogens with zero attached hydrogens (tertiary/aromatic N) is 1. The van der Waals surface area contributed by atoms with Crippen molar-refractivity contribution in [3.8, 4) is 0 Å². The molecule has 21 heavy (non-hydrogen) atoms. The van der Waals surface area contributed by atoms with Crippen molar-refractivity contribution in [2.24, 2.45) is 0 Å². The summed E-state index contributed by atoms with van der Waals surface area (Å²) in [4.78, 5) is 16.3. The van der Waals surface area contributed by atoms with E-state index in [1.54, 1.807) is 25.2 Å². The van der Waals surface area contributed by atoms with Crippen molar-refractivity contribution in [3.63, 3.8) is 0 Å². The third-order valence-corrected chi connectivity index (χ3v) is 3.96. The van der Waals surface area contributed by atoms with Crippen LogP contribution in [-0.2, 0) is 0 Å². The van der Waals surface area contributed by atoms with Gasteiger partial charge in [0.1, 0.15) is 5.82 Å². The summed E-state index contributed by atoms with van der Waals surface area (Å²) >= 11 is 21.4. The number of pyridine rings is 1. The van der Waals surface area contributed by atoms with Gasteiger partial charge in [0.05, 0.1) is 26.3 Å². The molecule has 1 aromatic carbocycles. The Balaban J connectivity index is 2.35. The Morgan fingerprint density at radius 3 is 2.33 bits per heavy atom. The third kappa shape index (κ3) is 3.80. The maximum absolute atomic E-state index is 12.3. The smallest absolute Gasteiger partial charge is 0.257 e. The standard InChI is InChI=1S/C13H9BrCl3N3O/c1-18-11-4-7(10(17)5-19-11)13(21)20-12-8(15)2-6(14)3-9(12)16/h2-5H,1H3,(H,18,19)(H,20,21). The van der Waals surface area contributed by atoms with Crippen LogP contribution in [0.3, 0.4) is 0 Å². The molecule has 0 saturated carbocycles. The molecule has 0 aliphatic carbocycles. The highest BCUT2D eigenvalue weighted by Crippen LogP contribution is 2.34. The molecule has 0 fully saturated rings. The predicted molar refractivity (Wildman–Crippen MR) is 90.9 cm³/mol. The summed E-state index contributed by atoms with van der Waals surface area (Å²) in [5, 5.41) is 6.36. The second-order valence-corrected chi connectivity index (χ2v) is 6.14. The molecule has 0 atom stereocenters. The Kier molecular flexibility index (Phi) is 5.32. The SMILES string of the molecule is CNc1cc(C(=O)Nc2c(Cl)cc(Br)cc2Cl)c(Cl)cn1. The molecule has 1 heterocycles. The molecule has 0 spiro atoms. The number of aromatic nitrogens is 1. The van der Waals surface area contributed by atoms with Crippen molar-refractivity contribution < 1.29 is 4.79 Å². The molecular weight excluding hydrogens is 400 g/mol. The molecule has 4 nitrogen and oxygen atoms in total. The van der Waals surface area contributed by atoms with Crippen LogP contribution < -0.4 is 10.6 Å². The van der Waals surface area contributed by atoms with Crippen molar-refractivity contribution in [1.82, 2.24) is 4.98 Å². The zero-order valence-electron chi connectivity index (χ0n) is 10.7. The van der Waals surface area contributed by atoms with Crippen LogP contribution in [0.1, 0.15) is 10.4 Å². The summed E-state index contributed by atoms with van der Waals surface area (Å²) in [6.45, 7) is 0. The molecule has 0 aliphatic heterocycles. The monoisotopic (exact) mass is 407 g/mol. The van der Waals surface area contributed by atoms with Crippen LogP contribution in [-0.4, -0.2) is 17.9 Å². The van der Waals surface area contributed by atoms with Crippen molar-refractivity contribution in [3.05, 3.63) is 49.5 Å². The second kappa shape index (κ2) is 6.83. The van der Waals surface area contributed by atoms with Gasteiger partial charge in [0.15, 0.2) is 0 Å². The summed E-state index contributed by atoms with van der Waals surface area (Å²) in [5.74, 6) is 0.0996. The lowest BCUT2D eigenvalue weighted by Crippen LogP contribution is -2.14. The number of anilines is 2. The normalized spacial score (nSPS) is 10.3. The van der Waals surface area contributed by atoms with E-state index < -0.39 is 5.91 Å². The van der Waals surface area contributed by atoms with E-state index in [2.05, 4.69) is 31.5 Å². The van der Waals surface area contributed by atoms with Crippen molar-refractivity contribution >= 4 is 68.1 Å². The van der Waals surface area contributed by atoms with E-state index in [0.29, 0.717) is 21.6 Å². The van der Waals surface area contributed by atoms with E-state index in [1.807, 2.05) is 0 Å². The predicted octanol–water partition coefficient (Wildman–Crippen LogP) is 5.10. The maximum Gasteiger partial charge on any atom is 0.257 e. The fraction of sp³-hybridized carbons (Fsp3) is 0.0769. The maximum atomic E-state index is 12.3. The number of rotatable bonds is 3. The molecule has 2 N–H and O–H groups in total. The first-order valence-corrected chi connectivity index (χ1v) is 7.64. The first-order valence-electron chi connectivity index (χ1n) is 5.71. The number of hydrogen-bond acceptors (Lipinski definition) is 3. The molecule has 0 saturated heterocycles. The van der Waals surface area contributed by atoms with Crippen LogP contribution >= 0.6 is 50.7 Å². The average Bonchev–Trinajstić information content (AvgIpc) is 2.43. The Morgan fingerprint density at radius 1 is 1.14 bits per heavy atom. The summed E-state index contributed by atoms with van der Waals surface area (Å²) < 4.78 is 0.718. The van der Waals surface area contributed by atoms with Crippen LogP contribution in [0.25, 0.3) is 0 Å². The third-order valence-electron chi connectivity index (χ3n) is 2.60. The lowest BCUT2D eigenvalue weighted by molar-refractivity contribution is 0.102. The second-order valence-electron chi connectivity index (χ2n) is 4.00. The van der Waals surface area contributed by atoms with Gasteiger partial charge in [-0.05, 0) is 18.2 Å². The Hall–Kier alpha value is -1.01. The molecular formula is C13H9BrCl3N3O. The minimum atomic E-state index is -0.426. The van der Waals surface area contributed by atoms with Crippen LogP contribution in [0.5, 0.6) is 0 Å². The Labute approximate surface area is 144 Å². The largest absolute Gasteiger partial charge is 0.373 e. The molecule has 1 aromatic heterocycles. The van der Waals surface area contributed by atoms with Gasteiger partial charge < -0.3 is 10.6 Å². The van der Waals surface area contributed by atoms with Gasteiger partial charge in [-0.25, -0.2) is 4.98 Å². The summed E-state index contributed by atoms with van der Waals surface area (Å²) in [5.41, 5.74) is 0.594. The van der Waals surface area contributed by atoms with Gasteiger partial charge in [-0.3, -0.25) is 4.79 Å². The average molecular weight is 409 g/mol. The number of nitrogens with one attached hydrogen (secondary N) is 2. The van der Waals surface area contributed by atoms with Gasteiger partial charge in [0.25, 0.3) is 5.91 Å². The van der Waals surface area contributed by atoms with Gasteiger partial charge in [0.2, 0.25) is 0 Å². The summed E-state index contributed by atoms with van der Waals surface area (Å²) in [7, 11) is 1.69. The van der Waals surface area contributed by atoms with Crippen LogP contribution in [0.15, 0.2) is 28.9 Å². The van der Waals surface area contributed by atoms with E-state index in [-0.39, 0.29) is 10.6 Å². The Bertz CT molecular complexity index is 686. The van der Waals surface area contributed by atoms with Gasteiger partial charge in [-0.2, -0.15) is 0 Å². The molecule has 0 unspecified atom stereocenters. The first-order chi connectivity index (χ1) is 9.92. The van der Waals surface area contributed by atoms with Crippen LogP contribution in [0.2, 0.25) is 15.1 Å². The van der Waals surface area contributed by atoms with E-state index in [9.17, 15) is 4.79 Å². The van der Waals surface area contributed by atoms with Gasteiger partial charge in [0, 0.05) is 17.7 Å². The molecule has 0 bridgehead atoms. The highest BCUT2D eigenvalue weighted by molar-refractivity contribution is 9.10. The van der Waals surface area contributed by atoms with Gasteiger partial charge >= 0.3 is 0 Å². The fourth-order valence-electron chi connectivity index (χ4n) is 1.59. The van der Waals surface area contributed by atoms with Gasteiger partial charge in [-0.15, -0.1) is 0 Å². The number of carbonyl (C=O) groups excluding carboxylic acids is 1. The first kappa shape index (κ1) is 16.4. The van der Waals surface area contributed by atoms with E-state index in [4.69, 9.17) is 34.8 Å². The van der Waals surface area contributed by atoms with Crippen molar-refractivity contribution in [2.45, 2.75) is 0 Å². The zero-order valence-corrected chi connectivity index (χ0v) is 14.5. The number of halogens is 4. The molecule has 0 aliphatic rings. The zero-order chi connectivity index (χ0) is 15.6. The molecule has 2 rings (SSSR count). The lowest BCUT2D eigenvalue weighted by Gasteiger charge is -2.11. The van der Waals surface area contributed by atoms with Crippen LogP contribution in [0, 0.1) is 0 Å². The summed E-state index contributed by atoms with van der Waals surface area (Å²) in [6, 6.07) is 4.81. The van der Waals surface area contributed by atoms with E-state index >= 15 is 0 Å². The number of hydrogen-bond donors (Lipinski definition) is 2. The molecule has 110 valence electrons. The highest BCUT2D eigenvalue weighted by atomic mass is 79.9. The minimum absolute atomic E-state index is 0.232. The van der Waals surface area contributed by atoms with Crippen molar-refractivity contribution in [1.29, 1.82) is 0 Å². The number of amides is 1. The number of carbonyl (C=O) groups is 1. The Morgan fingerprint density at radius 2 is 1.76 bits per heavy atom. The highest BCUT2D eigenvalue weighted by Gasteiger charge is 2.16. The quantitative estimate of drug-likeness (QED) is 0.742. The van der Waals surface area contributed by atoms with Crippen molar-refractivity contribution in [2.75, 3.05) is 17.7 Å².